The first kappa shape index (κ1) is 25.7. The highest BCUT2D eigenvalue weighted by Gasteiger charge is 2.46. The molecular weight excluding hydrogens is 475 g/mol. The van der Waals surface area contributed by atoms with Crippen molar-refractivity contribution in [3.05, 3.63) is 59.7 Å². The van der Waals surface area contributed by atoms with E-state index in [0.29, 0.717) is 25.3 Å². The van der Waals surface area contributed by atoms with E-state index in [4.69, 9.17) is 4.74 Å². The minimum atomic E-state index is -4.47. The molecule has 2 heterocycles. The maximum Gasteiger partial charge on any atom is 0.418 e. The van der Waals surface area contributed by atoms with Gasteiger partial charge in [0.25, 0.3) is 0 Å². The fourth-order valence-corrected chi connectivity index (χ4v) is 4.63. The van der Waals surface area contributed by atoms with Gasteiger partial charge < -0.3 is 20.3 Å². The van der Waals surface area contributed by atoms with Crippen LogP contribution in [-0.4, -0.2) is 49.3 Å². The van der Waals surface area contributed by atoms with E-state index in [9.17, 15) is 27.6 Å². The number of nitrogens with zero attached hydrogens (tertiary/aromatic N) is 1. The summed E-state index contributed by atoms with van der Waals surface area (Å²) in [4.78, 5) is 39.3. The summed E-state index contributed by atoms with van der Waals surface area (Å²) in [5, 5.41) is 5.66. The predicted molar refractivity (Wildman–Crippen MR) is 126 cm³/mol. The van der Waals surface area contributed by atoms with Crippen molar-refractivity contribution >= 4 is 29.0 Å². The SMILES string of the molecule is CN1CC(C(=O)C[C@@]2(C(=O)NCc3ccc(Nc4ccccc4C(F)(F)F)cc3)CCOC2)CC1=O. The second-order valence-corrected chi connectivity index (χ2v) is 9.45. The van der Waals surface area contributed by atoms with E-state index < -0.39 is 23.1 Å². The van der Waals surface area contributed by atoms with Crippen LogP contribution in [0, 0.1) is 11.3 Å². The third kappa shape index (κ3) is 5.70. The number of hydrogen-bond acceptors (Lipinski definition) is 5. The summed E-state index contributed by atoms with van der Waals surface area (Å²) >= 11 is 0. The number of ether oxygens (including phenoxy) is 1. The standard InChI is InChI=1S/C26H28F3N3O4/c1-32-15-18(12-23(32)34)22(33)13-25(10-11-36-16-25)24(35)30-14-17-6-8-19(9-7-17)31-21-5-3-2-4-20(21)26(27,28)29/h2-9,18,31H,10-16H2,1H3,(H,30,35)/t18?,25-/m0/s1. The van der Waals surface area contributed by atoms with Gasteiger partial charge in [0.05, 0.1) is 23.3 Å². The van der Waals surface area contributed by atoms with Crippen LogP contribution in [-0.2, 0) is 31.8 Å². The Labute approximate surface area is 207 Å². The maximum absolute atomic E-state index is 13.2. The van der Waals surface area contributed by atoms with Crippen LogP contribution in [0.1, 0.15) is 30.4 Å². The number of anilines is 2. The molecule has 2 saturated heterocycles. The molecule has 2 amide bonds. The second-order valence-electron chi connectivity index (χ2n) is 9.45. The number of Topliss-reactive ketones (excluding diaryl/α,β-unsaturated/α-hetero) is 1. The molecule has 2 aromatic rings. The normalized spacial score (nSPS) is 22.1. The summed E-state index contributed by atoms with van der Waals surface area (Å²) in [6.07, 6.45) is -3.87. The summed E-state index contributed by atoms with van der Waals surface area (Å²) < 4.78 is 45.1. The number of nitrogens with one attached hydrogen (secondary N) is 2. The molecule has 0 aromatic heterocycles. The number of para-hydroxylation sites is 1. The van der Waals surface area contributed by atoms with Crippen LogP contribution in [0.4, 0.5) is 24.5 Å². The van der Waals surface area contributed by atoms with Gasteiger partial charge in [0, 0.05) is 51.2 Å². The van der Waals surface area contributed by atoms with Crippen LogP contribution < -0.4 is 10.6 Å². The first-order valence-electron chi connectivity index (χ1n) is 11.7. The van der Waals surface area contributed by atoms with Crippen molar-refractivity contribution in [2.24, 2.45) is 11.3 Å². The lowest BCUT2D eigenvalue weighted by molar-refractivity contribution is -0.137. The third-order valence-corrected chi connectivity index (χ3v) is 6.81. The van der Waals surface area contributed by atoms with Crippen LogP contribution in [0.5, 0.6) is 0 Å². The van der Waals surface area contributed by atoms with Crippen LogP contribution >= 0.6 is 0 Å². The van der Waals surface area contributed by atoms with E-state index in [1.807, 2.05) is 0 Å². The first-order valence-corrected chi connectivity index (χ1v) is 11.7. The van der Waals surface area contributed by atoms with Gasteiger partial charge >= 0.3 is 6.18 Å². The molecule has 0 aliphatic carbocycles. The molecule has 0 saturated carbocycles. The molecule has 2 fully saturated rings. The number of carbonyl (C=O) groups is 3. The lowest BCUT2D eigenvalue weighted by Crippen LogP contribution is -2.43. The van der Waals surface area contributed by atoms with Gasteiger partial charge in [0.2, 0.25) is 11.8 Å². The zero-order chi connectivity index (χ0) is 25.9. The molecule has 192 valence electrons. The van der Waals surface area contributed by atoms with E-state index in [1.54, 1.807) is 31.3 Å². The fourth-order valence-electron chi connectivity index (χ4n) is 4.63. The molecule has 0 spiro atoms. The van der Waals surface area contributed by atoms with Gasteiger partial charge in [-0.25, -0.2) is 0 Å². The van der Waals surface area contributed by atoms with Crippen molar-refractivity contribution in [1.29, 1.82) is 0 Å². The second kappa shape index (κ2) is 10.3. The molecule has 7 nitrogen and oxygen atoms in total. The molecule has 2 aromatic carbocycles. The van der Waals surface area contributed by atoms with E-state index >= 15 is 0 Å². The molecule has 0 radical (unpaired) electrons. The number of likely N-dealkylation sites (tertiary alicyclic amines) is 1. The Balaban J connectivity index is 1.36. The van der Waals surface area contributed by atoms with Gasteiger partial charge in [-0.3, -0.25) is 14.4 Å². The van der Waals surface area contributed by atoms with E-state index in [-0.39, 0.29) is 49.3 Å². The molecule has 10 heteroatoms. The summed E-state index contributed by atoms with van der Waals surface area (Å²) in [6, 6.07) is 11.9. The smallest absolute Gasteiger partial charge is 0.380 e. The van der Waals surface area contributed by atoms with Crippen LogP contribution in [0.25, 0.3) is 0 Å². The van der Waals surface area contributed by atoms with Gasteiger partial charge in [-0.15, -0.1) is 0 Å². The van der Waals surface area contributed by atoms with Crippen LogP contribution in [0.2, 0.25) is 0 Å². The highest BCUT2D eigenvalue weighted by molar-refractivity contribution is 5.94. The number of benzene rings is 2. The van der Waals surface area contributed by atoms with Crippen LogP contribution in [0.3, 0.4) is 0 Å². The number of halogens is 3. The minimum absolute atomic E-state index is 0.0199. The lowest BCUT2D eigenvalue weighted by atomic mass is 9.78. The highest BCUT2D eigenvalue weighted by Crippen LogP contribution is 2.37. The zero-order valence-corrected chi connectivity index (χ0v) is 19.9. The van der Waals surface area contributed by atoms with Gasteiger partial charge in [-0.05, 0) is 36.2 Å². The molecule has 1 unspecified atom stereocenters. The van der Waals surface area contributed by atoms with E-state index in [2.05, 4.69) is 10.6 Å². The molecule has 2 N–H and O–H groups in total. The minimum Gasteiger partial charge on any atom is -0.380 e. The summed E-state index contributed by atoms with van der Waals surface area (Å²) in [5.41, 5.74) is -0.544. The zero-order valence-electron chi connectivity index (χ0n) is 19.9. The summed E-state index contributed by atoms with van der Waals surface area (Å²) in [6.45, 7) is 1.08. The monoisotopic (exact) mass is 503 g/mol. The van der Waals surface area contributed by atoms with Crippen molar-refractivity contribution in [3.8, 4) is 0 Å². The fraction of sp³-hybridized carbons (Fsp3) is 0.423. The van der Waals surface area contributed by atoms with Crippen molar-refractivity contribution in [2.75, 3.05) is 32.1 Å². The lowest BCUT2D eigenvalue weighted by Gasteiger charge is -2.26. The Bertz CT molecular complexity index is 1130. The summed E-state index contributed by atoms with van der Waals surface area (Å²) in [7, 11) is 1.66. The van der Waals surface area contributed by atoms with Gasteiger partial charge in [0.1, 0.15) is 5.78 Å². The number of carbonyl (C=O) groups excluding carboxylic acids is 3. The molecule has 2 aliphatic heterocycles. The largest absolute Gasteiger partial charge is 0.418 e. The average molecular weight is 504 g/mol. The average Bonchev–Trinajstić information content (AvgIpc) is 3.45. The van der Waals surface area contributed by atoms with Crippen molar-refractivity contribution in [3.63, 3.8) is 0 Å². The molecule has 36 heavy (non-hydrogen) atoms. The maximum atomic E-state index is 13.2. The Morgan fingerprint density at radius 1 is 1.14 bits per heavy atom. The van der Waals surface area contributed by atoms with E-state index in [1.165, 1.54) is 23.1 Å². The predicted octanol–water partition coefficient (Wildman–Crippen LogP) is 3.91. The topological polar surface area (TPSA) is 87.7 Å². The van der Waals surface area contributed by atoms with Gasteiger partial charge in [0.15, 0.2) is 0 Å². The Morgan fingerprint density at radius 2 is 1.86 bits per heavy atom. The molecule has 0 bridgehead atoms. The van der Waals surface area contributed by atoms with Crippen molar-refractivity contribution < 1.29 is 32.3 Å². The molecule has 2 aliphatic rings. The number of hydrogen-bond donors (Lipinski definition) is 2. The number of amides is 2. The first-order chi connectivity index (χ1) is 17.1. The molecule has 2 atom stereocenters. The van der Waals surface area contributed by atoms with Gasteiger partial charge in [-0.2, -0.15) is 13.2 Å². The Hall–Kier alpha value is -3.40. The number of alkyl halides is 3. The summed E-state index contributed by atoms with van der Waals surface area (Å²) in [5.74, 6) is -0.875. The number of ketones is 1. The third-order valence-electron chi connectivity index (χ3n) is 6.81. The molecular formula is C26H28F3N3O4. The van der Waals surface area contributed by atoms with Gasteiger partial charge in [-0.1, -0.05) is 24.3 Å². The Morgan fingerprint density at radius 3 is 2.47 bits per heavy atom. The van der Waals surface area contributed by atoms with Crippen molar-refractivity contribution in [2.45, 2.75) is 32.0 Å². The van der Waals surface area contributed by atoms with E-state index in [0.717, 1.165) is 11.6 Å². The number of rotatable bonds is 8. The van der Waals surface area contributed by atoms with Crippen molar-refractivity contribution in [1.82, 2.24) is 10.2 Å². The Kier molecular flexibility index (Phi) is 7.35. The quantitative estimate of drug-likeness (QED) is 0.571. The van der Waals surface area contributed by atoms with Crippen LogP contribution in [0.15, 0.2) is 48.5 Å². The molecule has 4 rings (SSSR count). The highest BCUT2D eigenvalue weighted by atomic mass is 19.4.